The van der Waals surface area contributed by atoms with Gasteiger partial charge in [0.2, 0.25) is 0 Å². The lowest BCUT2D eigenvalue weighted by Gasteiger charge is -2.20. The van der Waals surface area contributed by atoms with Gasteiger partial charge in [0.25, 0.3) is 0 Å². The number of aliphatic hydroxyl groups is 3. The maximum Gasteiger partial charge on any atom is 0.114 e. The van der Waals surface area contributed by atoms with Gasteiger partial charge in [-0.2, -0.15) is 0 Å². The molecule has 0 spiro atoms. The maximum absolute atomic E-state index is 10.0. The molecule has 4 atom stereocenters. The molecule has 1 aliphatic rings. The van der Waals surface area contributed by atoms with Crippen molar-refractivity contribution in [1.29, 1.82) is 0 Å². The summed E-state index contributed by atoms with van der Waals surface area (Å²) < 4.78 is 11.0. The van der Waals surface area contributed by atoms with E-state index in [4.69, 9.17) is 14.6 Å². The van der Waals surface area contributed by atoms with E-state index in [1.165, 1.54) is 57.8 Å². The van der Waals surface area contributed by atoms with Crippen molar-refractivity contribution >= 4 is 0 Å². The predicted octanol–water partition coefficient (Wildman–Crippen LogP) is 3.35. The predicted molar refractivity (Wildman–Crippen MR) is 104 cm³/mol. The van der Waals surface area contributed by atoms with E-state index in [-0.39, 0.29) is 6.61 Å². The van der Waals surface area contributed by atoms with E-state index in [1.807, 2.05) is 0 Å². The summed E-state index contributed by atoms with van der Waals surface area (Å²) in [5.74, 6) is 0. The second-order valence-corrected chi connectivity index (χ2v) is 7.32. The van der Waals surface area contributed by atoms with Crippen molar-refractivity contribution in [2.75, 3.05) is 19.8 Å². The van der Waals surface area contributed by atoms with Gasteiger partial charge in [0.1, 0.15) is 24.4 Å². The normalized spacial score (nSPS) is 24.5. The number of hydrogen-bond donors (Lipinski definition) is 3. The molecule has 5 nitrogen and oxygen atoms in total. The molecule has 0 aliphatic carbocycles. The summed E-state index contributed by atoms with van der Waals surface area (Å²) in [4.78, 5) is 0. The zero-order valence-electron chi connectivity index (χ0n) is 16.5. The van der Waals surface area contributed by atoms with Crippen molar-refractivity contribution in [3.8, 4) is 0 Å². The van der Waals surface area contributed by atoms with E-state index < -0.39 is 31.0 Å². The van der Waals surface area contributed by atoms with E-state index >= 15 is 0 Å². The average molecular weight is 373 g/mol. The van der Waals surface area contributed by atoms with Gasteiger partial charge in [0, 0.05) is 6.61 Å². The molecule has 1 aliphatic heterocycles. The fourth-order valence-electron chi connectivity index (χ4n) is 3.26. The van der Waals surface area contributed by atoms with Crippen LogP contribution in [0.15, 0.2) is 12.2 Å². The molecule has 0 amide bonds. The highest BCUT2D eigenvalue weighted by Gasteiger charge is 2.40. The second kappa shape index (κ2) is 15.6. The fourth-order valence-corrected chi connectivity index (χ4v) is 3.26. The van der Waals surface area contributed by atoms with Crippen LogP contribution in [-0.4, -0.2) is 59.6 Å². The Kier molecular flexibility index (Phi) is 14.1. The molecular weight excluding hydrogens is 332 g/mol. The largest absolute Gasteiger partial charge is 0.394 e. The molecule has 26 heavy (non-hydrogen) atoms. The summed E-state index contributed by atoms with van der Waals surface area (Å²) >= 11 is 0. The minimum absolute atomic E-state index is 0.273. The lowest BCUT2D eigenvalue weighted by atomic mass is 10.1. The molecule has 154 valence electrons. The van der Waals surface area contributed by atoms with Crippen LogP contribution in [0.2, 0.25) is 0 Å². The lowest BCUT2D eigenvalue weighted by molar-refractivity contribution is -0.0730. The third-order valence-corrected chi connectivity index (χ3v) is 4.97. The molecular formula is C21H40O5. The maximum atomic E-state index is 10.0. The van der Waals surface area contributed by atoms with Gasteiger partial charge in [-0.25, -0.2) is 0 Å². The zero-order valence-corrected chi connectivity index (χ0v) is 16.5. The van der Waals surface area contributed by atoms with E-state index in [9.17, 15) is 10.2 Å². The highest BCUT2D eigenvalue weighted by Crippen LogP contribution is 2.20. The molecule has 0 aromatic carbocycles. The van der Waals surface area contributed by atoms with Crippen molar-refractivity contribution in [3.05, 3.63) is 12.2 Å². The minimum atomic E-state index is -1.05. The van der Waals surface area contributed by atoms with Crippen molar-refractivity contribution in [2.24, 2.45) is 0 Å². The van der Waals surface area contributed by atoms with Crippen LogP contribution in [0.3, 0.4) is 0 Å². The van der Waals surface area contributed by atoms with Gasteiger partial charge in [-0.15, -0.1) is 0 Å². The zero-order chi connectivity index (χ0) is 19.0. The van der Waals surface area contributed by atoms with Crippen LogP contribution < -0.4 is 0 Å². The summed E-state index contributed by atoms with van der Waals surface area (Å²) in [6.07, 6.45) is 15.2. The Morgan fingerprint density at radius 2 is 1.62 bits per heavy atom. The number of aliphatic hydroxyl groups excluding tert-OH is 3. The SMILES string of the molecule is CCCCC/C=C/CCCCCCCCO[C@H]1CO[C@H]([C@H](O)CO)[C@@H]1O. The highest BCUT2D eigenvalue weighted by molar-refractivity contribution is 4.88. The number of hydrogen-bond acceptors (Lipinski definition) is 5. The first-order valence-corrected chi connectivity index (χ1v) is 10.6. The Morgan fingerprint density at radius 1 is 1.00 bits per heavy atom. The Bertz CT molecular complexity index is 347. The van der Waals surface area contributed by atoms with Crippen LogP contribution in [-0.2, 0) is 9.47 Å². The molecule has 0 aromatic heterocycles. The molecule has 5 heteroatoms. The van der Waals surface area contributed by atoms with Gasteiger partial charge >= 0.3 is 0 Å². The van der Waals surface area contributed by atoms with E-state index in [1.54, 1.807) is 0 Å². The van der Waals surface area contributed by atoms with Crippen molar-refractivity contribution in [2.45, 2.75) is 102 Å². The molecule has 0 saturated carbocycles. The summed E-state index contributed by atoms with van der Waals surface area (Å²) in [7, 11) is 0. The summed E-state index contributed by atoms with van der Waals surface area (Å²) in [5.41, 5.74) is 0. The van der Waals surface area contributed by atoms with Gasteiger partial charge in [-0.3, -0.25) is 0 Å². The second-order valence-electron chi connectivity index (χ2n) is 7.32. The van der Waals surface area contributed by atoms with Crippen molar-refractivity contribution in [1.82, 2.24) is 0 Å². The van der Waals surface area contributed by atoms with Crippen LogP contribution in [0.1, 0.15) is 77.6 Å². The minimum Gasteiger partial charge on any atom is -0.394 e. The number of ether oxygens (including phenoxy) is 2. The van der Waals surface area contributed by atoms with Gasteiger partial charge < -0.3 is 24.8 Å². The number of unbranched alkanes of at least 4 members (excludes halogenated alkanes) is 9. The van der Waals surface area contributed by atoms with Crippen LogP contribution >= 0.6 is 0 Å². The molecule has 0 unspecified atom stereocenters. The van der Waals surface area contributed by atoms with Crippen molar-refractivity contribution < 1.29 is 24.8 Å². The van der Waals surface area contributed by atoms with Gasteiger partial charge in [0.15, 0.2) is 0 Å². The summed E-state index contributed by atoms with van der Waals surface area (Å²) in [6.45, 7) is 2.70. The van der Waals surface area contributed by atoms with Crippen molar-refractivity contribution in [3.63, 3.8) is 0 Å². The third-order valence-electron chi connectivity index (χ3n) is 4.97. The Hall–Kier alpha value is -0.460. The van der Waals surface area contributed by atoms with Crippen LogP contribution in [0.5, 0.6) is 0 Å². The summed E-state index contributed by atoms with van der Waals surface area (Å²) in [6, 6.07) is 0. The fraction of sp³-hybridized carbons (Fsp3) is 0.905. The van der Waals surface area contributed by atoms with Crippen LogP contribution in [0.4, 0.5) is 0 Å². The molecule has 3 N–H and O–H groups in total. The lowest BCUT2D eigenvalue weighted by Crippen LogP contribution is -2.41. The van der Waals surface area contributed by atoms with E-state index in [0.717, 1.165) is 12.8 Å². The van der Waals surface area contributed by atoms with Crippen LogP contribution in [0, 0.1) is 0 Å². The van der Waals surface area contributed by atoms with E-state index in [2.05, 4.69) is 19.1 Å². The quantitative estimate of drug-likeness (QED) is 0.286. The monoisotopic (exact) mass is 372 g/mol. The molecule has 0 aromatic rings. The number of rotatable bonds is 16. The van der Waals surface area contributed by atoms with E-state index in [0.29, 0.717) is 6.61 Å². The number of allylic oxidation sites excluding steroid dienone is 2. The average Bonchev–Trinajstić information content (AvgIpc) is 3.02. The summed E-state index contributed by atoms with van der Waals surface area (Å²) in [5, 5.41) is 28.5. The Labute approximate surface area is 159 Å². The van der Waals surface area contributed by atoms with Crippen LogP contribution in [0.25, 0.3) is 0 Å². The third kappa shape index (κ3) is 10.0. The standard InChI is InChI=1S/C21H40O5/c1-2-3-4-5-6-7-8-9-10-11-12-13-14-15-25-19-17-26-21(20(19)24)18(23)16-22/h6-7,18-24H,2-5,8-17H2,1H3/b7-6+/t18-,19+,20-,21-/m1/s1. The smallest absolute Gasteiger partial charge is 0.114 e. The molecule has 0 radical (unpaired) electrons. The Morgan fingerprint density at radius 3 is 2.27 bits per heavy atom. The first kappa shape index (κ1) is 23.6. The first-order chi connectivity index (χ1) is 12.7. The molecule has 1 saturated heterocycles. The Balaban J connectivity index is 1.88. The van der Waals surface area contributed by atoms with Gasteiger partial charge in [-0.05, 0) is 32.1 Å². The molecule has 1 heterocycles. The molecule has 1 rings (SSSR count). The highest BCUT2D eigenvalue weighted by atomic mass is 16.6. The molecule has 1 fully saturated rings. The topological polar surface area (TPSA) is 79.2 Å². The van der Waals surface area contributed by atoms with Gasteiger partial charge in [0.05, 0.1) is 13.2 Å². The molecule has 0 bridgehead atoms. The van der Waals surface area contributed by atoms with Gasteiger partial charge in [-0.1, -0.05) is 57.6 Å². The first-order valence-electron chi connectivity index (χ1n) is 10.6.